The van der Waals surface area contributed by atoms with Crippen LogP contribution in [0.5, 0.6) is 5.75 Å². The molecule has 2 fully saturated rings. The number of benzene rings is 2. The molecule has 7 heteroatoms. The minimum absolute atomic E-state index is 0.0913. The number of nitrogens with one attached hydrogen (secondary N) is 1. The summed E-state index contributed by atoms with van der Waals surface area (Å²) >= 11 is 1.21. The first-order valence-corrected chi connectivity index (χ1v) is 12.1. The maximum Gasteiger partial charge on any atom is 0.297 e. The number of furan rings is 1. The molecule has 5 rings (SSSR count). The Morgan fingerprint density at radius 2 is 2.00 bits per heavy atom. The van der Waals surface area contributed by atoms with Gasteiger partial charge in [-0.3, -0.25) is 9.52 Å². The Balaban J connectivity index is 1.34. The number of carbonyl (C=O) groups is 1. The number of ether oxygens (including phenoxy) is 1. The predicted octanol–water partition coefficient (Wildman–Crippen LogP) is 6.27. The highest BCUT2D eigenvalue weighted by Gasteiger charge is 2.23. The van der Waals surface area contributed by atoms with E-state index in [9.17, 15) is 9.18 Å². The summed E-state index contributed by atoms with van der Waals surface area (Å²) in [6, 6.07) is 10.9. The zero-order valence-corrected chi connectivity index (χ0v) is 19.1. The number of amides is 1. The van der Waals surface area contributed by atoms with Gasteiger partial charge >= 0.3 is 0 Å². The molecular weight excluding hydrogens is 427 g/mol. The molecule has 5 nitrogen and oxygen atoms in total. The second kappa shape index (κ2) is 8.70. The number of hydrogen-bond donors (Lipinski definition) is 1. The third-order valence-electron chi connectivity index (χ3n) is 6.25. The van der Waals surface area contributed by atoms with Crippen molar-refractivity contribution >= 4 is 34.5 Å². The average Bonchev–Trinajstić information content (AvgIpc) is 3.13. The van der Waals surface area contributed by atoms with Crippen LogP contribution in [0.3, 0.4) is 0 Å². The first-order valence-electron chi connectivity index (χ1n) is 11.2. The van der Waals surface area contributed by atoms with E-state index in [2.05, 4.69) is 35.6 Å². The zero-order chi connectivity index (χ0) is 22.2. The molecule has 3 aromatic rings. The molecule has 1 saturated heterocycles. The largest absolute Gasteiger partial charge is 0.489 e. The Hall–Kier alpha value is -2.67. The maximum absolute atomic E-state index is 14.6. The van der Waals surface area contributed by atoms with Crippen LogP contribution in [-0.4, -0.2) is 25.1 Å². The number of fused-ring (bicyclic) bond motifs is 1. The van der Waals surface area contributed by atoms with E-state index in [-0.39, 0.29) is 17.7 Å². The number of rotatable bonds is 7. The molecule has 0 bridgehead atoms. The minimum atomic E-state index is -0.402. The predicted molar refractivity (Wildman–Crippen MR) is 125 cm³/mol. The number of anilines is 1. The lowest BCUT2D eigenvalue weighted by atomic mass is 9.96. The molecule has 0 radical (unpaired) electrons. The van der Waals surface area contributed by atoms with Crippen LogP contribution in [0.25, 0.3) is 11.0 Å². The van der Waals surface area contributed by atoms with Gasteiger partial charge in [0.1, 0.15) is 17.1 Å². The average molecular weight is 455 g/mol. The molecule has 168 valence electrons. The fourth-order valence-electron chi connectivity index (χ4n) is 3.83. The second-order valence-electron chi connectivity index (χ2n) is 8.86. The van der Waals surface area contributed by atoms with Gasteiger partial charge in [-0.2, -0.15) is 0 Å². The van der Waals surface area contributed by atoms with Crippen molar-refractivity contribution in [3.8, 4) is 5.75 Å². The van der Waals surface area contributed by atoms with Crippen LogP contribution in [0.4, 0.5) is 10.1 Å². The van der Waals surface area contributed by atoms with E-state index in [1.165, 1.54) is 36.1 Å². The van der Waals surface area contributed by atoms with Gasteiger partial charge in [0.05, 0.1) is 16.4 Å². The van der Waals surface area contributed by atoms with Crippen LogP contribution in [-0.2, 0) is 0 Å². The van der Waals surface area contributed by atoms with Gasteiger partial charge < -0.3 is 14.1 Å². The van der Waals surface area contributed by atoms with Crippen molar-refractivity contribution < 1.29 is 18.3 Å². The van der Waals surface area contributed by atoms with Crippen LogP contribution in [0.2, 0.25) is 0 Å². The highest BCUT2D eigenvalue weighted by atomic mass is 32.2. The van der Waals surface area contributed by atoms with Gasteiger partial charge in [-0.25, -0.2) is 4.39 Å². The molecule has 1 amide bonds. The Morgan fingerprint density at radius 1 is 1.19 bits per heavy atom. The fourth-order valence-corrected chi connectivity index (χ4v) is 4.55. The number of carbonyl (C=O) groups excluding carboxylic acids is 1. The molecule has 1 saturated carbocycles. The van der Waals surface area contributed by atoms with Crippen molar-refractivity contribution in [3.05, 3.63) is 53.5 Å². The van der Waals surface area contributed by atoms with Crippen molar-refractivity contribution in [2.75, 3.05) is 18.0 Å². The summed E-state index contributed by atoms with van der Waals surface area (Å²) in [6.07, 6.45) is 4.66. The number of hydrogen-bond acceptors (Lipinski definition) is 5. The van der Waals surface area contributed by atoms with Gasteiger partial charge in [0.15, 0.2) is 5.76 Å². The first-order chi connectivity index (χ1) is 15.5. The third kappa shape index (κ3) is 4.18. The summed E-state index contributed by atoms with van der Waals surface area (Å²) in [7, 11) is 0. The molecule has 0 unspecified atom stereocenters. The standard InChI is InChI=1S/C25H27FN2O3S/c1-15(2)16-7-8-21(30-18-5-3-6-18)24(11-16)32-27-25(29)23-14-19-20(26)12-17(13-22(19)31-23)28-9-4-10-28/h7-8,11-15,18H,3-6,9-10H2,1-2H3,(H,27,29). The first kappa shape index (κ1) is 21.2. The molecule has 2 aliphatic rings. The van der Waals surface area contributed by atoms with Crippen LogP contribution >= 0.6 is 11.9 Å². The van der Waals surface area contributed by atoms with E-state index in [0.29, 0.717) is 16.9 Å². The summed E-state index contributed by atoms with van der Waals surface area (Å²) in [5, 5.41) is 0.320. The van der Waals surface area contributed by atoms with Crippen LogP contribution in [0.1, 0.15) is 61.6 Å². The number of halogens is 1. The molecule has 0 atom stereocenters. The van der Waals surface area contributed by atoms with Crippen LogP contribution in [0, 0.1) is 5.82 Å². The number of nitrogens with zero attached hydrogens (tertiary/aromatic N) is 1. The van der Waals surface area contributed by atoms with Crippen molar-refractivity contribution in [1.29, 1.82) is 0 Å². The molecule has 0 spiro atoms. The quantitative estimate of drug-likeness (QED) is 0.426. The van der Waals surface area contributed by atoms with Crippen molar-refractivity contribution in [1.82, 2.24) is 4.72 Å². The van der Waals surface area contributed by atoms with Gasteiger partial charge in [0.2, 0.25) is 0 Å². The lowest BCUT2D eigenvalue weighted by Crippen LogP contribution is -2.36. The van der Waals surface area contributed by atoms with Crippen LogP contribution < -0.4 is 14.4 Å². The lowest BCUT2D eigenvalue weighted by molar-refractivity contribution is 0.0959. The van der Waals surface area contributed by atoms with Gasteiger partial charge in [-0.15, -0.1) is 0 Å². The Bertz CT molecular complexity index is 1150. The van der Waals surface area contributed by atoms with E-state index < -0.39 is 5.91 Å². The molecule has 32 heavy (non-hydrogen) atoms. The minimum Gasteiger partial charge on any atom is -0.489 e. The van der Waals surface area contributed by atoms with Crippen molar-refractivity contribution in [3.63, 3.8) is 0 Å². The highest BCUT2D eigenvalue weighted by Crippen LogP contribution is 2.35. The van der Waals surface area contributed by atoms with Gasteiger partial charge in [0.25, 0.3) is 5.91 Å². The molecule has 1 aliphatic heterocycles. The third-order valence-corrected chi connectivity index (χ3v) is 7.08. The van der Waals surface area contributed by atoms with Crippen LogP contribution in [0.15, 0.2) is 45.7 Å². The molecule has 2 heterocycles. The van der Waals surface area contributed by atoms with E-state index in [1.54, 1.807) is 6.07 Å². The zero-order valence-electron chi connectivity index (χ0n) is 18.3. The fraction of sp³-hybridized carbons (Fsp3) is 0.400. The molecule has 2 aromatic carbocycles. The summed E-state index contributed by atoms with van der Waals surface area (Å²) in [5.41, 5.74) is 2.35. The summed E-state index contributed by atoms with van der Waals surface area (Å²) in [5.74, 6) is 0.455. The molecular formula is C25H27FN2O3S. The van der Waals surface area contributed by atoms with E-state index >= 15 is 0 Å². The second-order valence-corrected chi connectivity index (χ2v) is 9.70. The van der Waals surface area contributed by atoms with E-state index in [1.807, 2.05) is 6.07 Å². The molecule has 1 aromatic heterocycles. The SMILES string of the molecule is CC(C)c1ccc(OC2CCC2)c(SNC(=O)c2cc3c(F)cc(N4CCC4)cc3o2)c1. The van der Waals surface area contributed by atoms with Gasteiger partial charge in [-0.1, -0.05) is 19.9 Å². The smallest absolute Gasteiger partial charge is 0.297 e. The molecule has 1 N–H and O–H groups in total. The maximum atomic E-state index is 14.6. The summed E-state index contributed by atoms with van der Waals surface area (Å²) < 4.78 is 29.3. The Labute approximate surface area is 191 Å². The van der Waals surface area contributed by atoms with Crippen molar-refractivity contribution in [2.24, 2.45) is 0 Å². The monoisotopic (exact) mass is 454 g/mol. The Morgan fingerprint density at radius 3 is 2.66 bits per heavy atom. The Kier molecular flexibility index (Phi) is 5.76. The van der Waals surface area contributed by atoms with E-state index in [4.69, 9.17) is 9.15 Å². The van der Waals surface area contributed by atoms with Gasteiger partial charge in [0, 0.05) is 30.9 Å². The topological polar surface area (TPSA) is 54.7 Å². The normalized spacial score (nSPS) is 16.2. The molecule has 1 aliphatic carbocycles. The summed E-state index contributed by atoms with van der Waals surface area (Å²) in [6.45, 7) is 6.09. The van der Waals surface area contributed by atoms with E-state index in [0.717, 1.165) is 48.7 Å². The summed E-state index contributed by atoms with van der Waals surface area (Å²) in [4.78, 5) is 15.8. The highest BCUT2D eigenvalue weighted by molar-refractivity contribution is 7.98. The van der Waals surface area contributed by atoms with Gasteiger partial charge in [-0.05, 0) is 67.3 Å². The van der Waals surface area contributed by atoms with Crippen molar-refractivity contribution in [2.45, 2.75) is 56.4 Å². The lowest BCUT2D eigenvalue weighted by Gasteiger charge is -2.33.